The number of rotatable bonds is 5. The summed E-state index contributed by atoms with van der Waals surface area (Å²) in [6, 6.07) is 6.56. The molecule has 0 atom stereocenters. The van der Waals surface area contributed by atoms with Crippen molar-refractivity contribution in [2.24, 2.45) is 5.41 Å². The lowest BCUT2D eigenvalue weighted by atomic mass is 9.95. The fourth-order valence-corrected chi connectivity index (χ4v) is 2.15. The van der Waals surface area contributed by atoms with Crippen LogP contribution in [0.1, 0.15) is 27.7 Å². The highest BCUT2D eigenvalue weighted by molar-refractivity contribution is 6.24. The Bertz CT molecular complexity index is 567. The molecule has 0 fully saturated rings. The summed E-state index contributed by atoms with van der Waals surface area (Å²) in [5.74, 6) is -0.0264. The van der Waals surface area contributed by atoms with Gasteiger partial charge < -0.3 is 16.0 Å². The van der Waals surface area contributed by atoms with Gasteiger partial charge in [0.1, 0.15) is 0 Å². The van der Waals surface area contributed by atoms with Crippen LogP contribution in [0.3, 0.4) is 0 Å². The van der Waals surface area contributed by atoms with Gasteiger partial charge in [0.2, 0.25) is 5.91 Å². The number of amides is 3. The van der Waals surface area contributed by atoms with E-state index in [0.29, 0.717) is 11.4 Å². The second kappa shape index (κ2) is 7.88. The van der Waals surface area contributed by atoms with Gasteiger partial charge in [-0.1, -0.05) is 6.07 Å². The Kier molecular flexibility index (Phi) is 6.71. The first-order chi connectivity index (χ1) is 10.6. The molecular weight excluding hydrogens is 337 g/mol. The highest BCUT2D eigenvalue weighted by Gasteiger charge is 2.31. The third kappa shape index (κ3) is 6.28. The molecule has 1 aromatic rings. The second-order valence-electron chi connectivity index (χ2n) is 6.69. The number of nitrogens with one attached hydrogen (secondary N) is 3. The van der Waals surface area contributed by atoms with Crippen LogP contribution in [0.2, 0.25) is 0 Å². The van der Waals surface area contributed by atoms with E-state index in [1.54, 1.807) is 31.2 Å². The Morgan fingerprint density at radius 3 is 2.00 bits per heavy atom. The van der Waals surface area contributed by atoms with Crippen LogP contribution in [0.4, 0.5) is 16.2 Å². The summed E-state index contributed by atoms with van der Waals surface area (Å²) in [6.45, 7) is 7.37. The summed E-state index contributed by atoms with van der Waals surface area (Å²) >= 11 is 11.6. The van der Waals surface area contributed by atoms with Crippen LogP contribution >= 0.6 is 23.2 Å². The molecule has 0 saturated carbocycles. The van der Waals surface area contributed by atoms with Crippen LogP contribution in [0.5, 0.6) is 0 Å². The number of carbonyl (C=O) groups is 2. The number of anilines is 2. The van der Waals surface area contributed by atoms with Crippen molar-refractivity contribution in [2.45, 2.75) is 33.2 Å². The molecule has 0 heterocycles. The number of alkyl halides is 2. The number of hydrogen-bond donors (Lipinski definition) is 3. The molecule has 0 aliphatic rings. The van der Waals surface area contributed by atoms with Gasteiger partial charge in [0.05, 0.1) is 5.41 Å². The minimum Gasteiger partial charge on any atom is -0.333 e. The third-order valence-electron chi connectivity index (χ3n) is 3.00. The average molecular weight is 360 g/mol. The Morgan fingerprint density at radius 2 is 1.52 bits per heavy atom. The number of urea groups is 1. The maximum absolute atomic E-state index is 12.2. The van der Waals surface area contributed by atoms with E-state index in [0.717, 1.165) is 0 Å². The largest absolute Gasteiger partial charge is 0.333 e. The van der Waals surface area contributed by atoms with Gasteiger partial charge in [-0.25, -0.2) is 4.79 Å². The molecule has 0 radical (unpaired) electrons. The van der Waals surface area contributed by atoms with Gasteiger partial charge in [-0.15, -0.1) is 23.2 Å². The maximum Gasteiger partial charge on any atom is 0.319 e. The molecule has 0 saturated heterocycles. The molecule has 128 valence electrons. The minimum atomic E-state index is -0.851. The van der Waals surface area contributed by atoms with Gasteiger partial charge in [-0.3, -0.25) is 4.79 Å². The van der Waals surface area contributed by atoms with E-state index in [-0.39, 0.29) is 29.2 Å². The van der Waals surface area contributed by atoms with Crippen LogP contribution < -0.4 is 16.0 Å². The van der Waals surface area contributed by atoms with Crippen LogP contribution in [-0.2, 0) is 4.79 Å². The van der Waals surface area contributed by atoms with Gasteiger partial charge in [0.15, 0.2) is 0 Å². The SMILES string of the molecule is CC(C)(C)NC(=O)Nc1cccc(NC(=O)C(C)(CCl)CCl)c1. The first kappa shape index (κ1) is 19.6. The van der Waals surface area contributed by atoms with Crippen molar-refractivity contribution in [2.75, 3.05) is 22.4 Å². The summed E-state index contributed by atoms with van der Waals surface area (Å²) in [6.07, 6.45) is 0. The molecule has 1 aromatic carbocycles. The van der Waals surface area contributed by atoms with Gasteiger partial charge >= 0.3 is 6.03 Å². The quantitative estimate of drug-likeness (QED) is 0.694. The average Bonchev–Trinajstić information content (AvgIpc) is 2.44. The summed E-state index contributed by atoms with van der Waals surface area (Å²) in [5.41, 5.74) is -0.0535. The summed E-state index contributed by atoms with van der Waals surface area (Å²) < 4.78 is 0. The molecule has 5 nitrogen and oxygen atoms in total. The smallest absolute Gasteiger partial charge is 0.319 e. The maximum atomic E-state index is 12.2. The summed E-state index contributed by atoms with van der Waals surface area (Å²) in [4.78, 5) is 24.1. The molecule has 3 N–H and O–H groups in total. The molecule has 0 bridgehead atoms. The van der Waals surface area contributed by atoms with E-state index in [4.69, 9.17) is 23.2 Å². The molecule has 0 unspecified atom stereocenters. The highest BCUT2D eigenvalue weighted by Crippen LogP contribution is 2.24. The predicted octanol–water partition coefficient (Wildman–Crippen LogP) is 4.03. The lowest BCUT2D eigenvalue weighted by molar-refractivity contribution is -0.122. The topological polar surface area (TPSA) is 70.2 Å². The van der Waals surface area contributed by atoms with Crippen molar-refractivity contribution in [3.05, 3.63) is 24.3 Å². The van der Waals surface area contributed by atoms with E-state index in [2.05, 4.69) is 16.0 Å². The Hall–Kier alpha value is -1.46. The van der Waals surface area contributed by atoms with Gasteiger partial charge in [-0.05, 0) is 45.9 Å². The van der Waals surface area contributed by atoms with E-state index in [9.17, 15) is 9.59 Å². The lowest BCUT2D eigenvalue weighted by Crippen LogP contribution is -2.43. The predicted molar refractivity (Wildman–Crippen MR) is 96.5 cm³/mol. The van der Waals surface area contributed by atoms with E-state index in [1.807, 2.05) is 20.8 Å². The molecule has 23 heavy (non-hydrogen) atoms. The van der Waals surface area contributed by atoms with Crippen LogP contribution in [0.15, 0.2) is 24.3 Å². The summed E-state index contributed by atoms with van der Waals surface area (Å²) in [7, 11) is 0. The lowest BCUT2D eigenvalue weighted by Gasteiger charge is -2.23. The number of carbonyl (C=O) groups excluding carboxylic acids is 2. The molecular formula is C16H23Cl2N3O2. The highest BCUT2D eigenvalue weighted by atomic mass is 35.5. The standard InChI is InChI=1S/C16H23Cl2N3O2/c1-15(2,3)21-14(23)20-12-7-5-6-11(8-12)19-13(22)16(4,9-17)10-18/h5-8H,9-10H2,1-4H3,(H,19,22)(H2,20,21,23). The zero-order valence-corrected chi connectivity index (χ0v) is 15.3. The Morgan fingerprint density at radius 1 is 1.00 bits per heavy atom. The molecule has 7 heteroatoms. The first-order valence-corrected chi connectivity index (χ1v) is 8.29. The third-order valence-corrected chi connectivity index (χ3v) is 4.18. The van der Waals surface area contributed by atoms with E-state index in [1.165, 1.54) is 0 Å². The van der Waals surface area contributed by atoms with Crippen LogP contribution in [-0.4, -0.2) is 29.2 Å². The Labute approximate surface area is 147 Å². The van der Waals surface area contributed by atoms with Crippen LogP contribution in [0.25, 0.3) is 0 Å². The molecule has 0 aromatic heterocycles. The molecule has 0 aliphatic carbocycles. The Balaban J connectivity index is 2.78. The minimum absolute atomic E-state index is 0.119. The molecule has 0 spiro atoms. The van der Waals surface area contributed by atoms with Crippen molar-refractivity contribution < 1.29 is 9.59 Å². The fraction of sp³-hybridized carbons (Fsp3) is 0.500. The van der Waals surface area contributed by atoms with Crippen molar-refractivity contribution in [3.63, 3.8) is 0 Å². The molecule has 0 aliphatic heterocycles. The van der Waals surface area contributed by atoms with E-state index < -0.39 is 5.41 Å². The van der Waals surface area contributed by atoms with Crippen LogP contribution in [0, 0.1) is 5.41 Å². The number of benzene rings is 1. The van der Waals surface area contributed by atoms with Gasteiger partial charge in [0, 0.05) is 28.7 Å². The molecule has 1 rings (SSSR count). The normalized spacial score (nSPS) is 11.7. The van der Waals surface area contributed by atoms with Gasteiger partial charge in [0.25, 0.3) is 0 Å². The molecule has 3 amide bonds. The monoisotopic (exact) mass is 359 g/mol. The van der Waals surface area contributed by atoms with Crippen molar-refractivity contribution in [1.29, 1.82) is 0 Å². The zero-order valence-electron chi connectivity index (χ0n) is 13.8. The fourth-order valence-electron chi connectivity index (χ4n) is 1.62. The van der Waals surface area contributed by atoms with E-state index >= 15 is 0 Å². The zero-order chi connectivity index (χ0) is 17.7. The summed E-state index contributed by atoms with van der Waals surface area (Å²) in [5, 5.41) is 8.29. The first-order valence-electron chi connectivity index (χ1n) is 7.22. The van der Waals surface area contributed by atoms with Crippen molar-refractivity contribution >= 4 is 46.5 Å². The number of halogens is 2. The van der Waals surface area contributed by atoms with Crippen molar-refractivity contribution in [1.82, 2.24) is 5.32 Å². The van der Waals surface area contributed by atoms with Crippen molar-refractivity contribution in [3.8, 4) is 0 Å². The second-order valence-corrected chi connectivity index (χ2v) is 7.23. The number of hydrogen-bond acceptors (Lipinski definition) is 2. The van der Waals surface area contributed by atoms with Gasteiger partial charge in [-0.2, -0.15) is 0 Å².